The van der Waals surface area contributed by atoms with Crippen molar-refractivity contribution >= 4 is 6.03 Å². The molecule has 0 aliphatic carbocycles. The van der Waals surface area contributed by atoms with E-state index in [0.29, 0.717) is 18.5 Å². The molecule has 0 saturated carbocycles. The number of nitrogens with zero attached hydrogens (tertiary/aromatic N) is 1. The molecule has 3 N–H and O–H groups in total. The number of halogens is 1. The molecule has 1 aromatic rings. The van der Waals surface area contributed by atoms with Crippen molar-refractivity contribution in [1.82, 2.24) is 15.5 Å². The molecule has 6 heteroatoms. The Morgan fingerprint density at radius 1 is 1.39 bits per heavy atom. The Labute approximate surface area is 136 Å². The Balaban J connectivity index is 1.73. The van der Waals surface area contributed by atoms with Crippen molar-refractivity contribution in [3.05, 3.63) is 35.6 Å². The lowest BCUT2D eigenvalue weighted by Gasteiger charge is -2.32. The zero-order valence-corrected chi connectivity index (χ0v) is 13.6. The molecule has 1 atom stereocenters. The topological polar surface area (TPSA) is 64.6 Å². The summed E-state index contributed by atoms with van der Waals surface area (Å²) in [7, 11) is 0. The number of piperidine rings is 1. The smallest absolute Gasteiger partial charge is 0.315 e. The average molecular weight is 323 g/mol. The second-order valence-corrected chi connectivity index (χ2v) is 6.05. The molecule has 1 saturated heterocycles. The fourth-order valence-corrected chi connectivity index (χ4v) is 2.79. The van der Waals surface area contributed by atoms with E-state index >= 15 is 0 Å². The van der Waals surface area contributed by atoms with Crippen LogP contribution in [0.5, 0.6) is 0 Å². The van der Waals surface area contributed by atoms with Gasteiger partial charge in [-0.05, 0) is 25.3 Å². The third-order valence-corrected chi connectivity index (χ3v) is 4.32. The molecule has 5 nitrogen and oxygen atoms in total. The Hall–Kier alpha value is -1.66. The van der Waals surface area contributed by atoms with Crippen molar-refractivity contribution in [3.63, 3.8) is 0 Å². The summed E-state index contributed by atoms with van der Waals surface area (Å²) in [6.45, 7) is 4.13. The normalized spacial score (nSPS) is 17.7. The highest BCUT2D eigenvalue weighted by Gasteiger charge is 2.22. The number of hydrogen-bond donors (Lipinski definition) is 3. The van der Waals surface area contributed by atoms with E-state index in [1.807, 2.05) is 19.1 Å². The number of rotatable bonds is 6. The van der Waals surface area contributed by atoms with Gasteiger partial charge in [0.2, 0.25) is 0 Å². The minimum Gasteiger partial charge on any atom is -0.394 e. The number of aliphatic hydroxyl groups is 1. The summed E-state index contributed by atoms with van der Waals surface area (Å²) < 4.78 is 13.7. The number of benzene rings is 1. The second-order valence-electron chi connectivity index (χ2n) is 6.05. The summed E-state index contributed by atoms with van der Waals surface area (Å²) in [5.74, 6) is -0.165. The molecule has 1 heterocycles. The van der Waals surface area contributed by atoms with E-state index in [-0.39, 0.29) is 30.5 Å². The van der Waals surface area contributed by atoms with Gasteiger partial charge < -0.3 is 15.7 Å². The van der Waals surface area contributed by atoms with E-state index in [4.69, 9.17) is 5.11 Å². The molecule has 0 spiro atoms. The minimum atomic E-state index is -0.224. The quantitative estimate of drug-likeness (QED) is 0.749. The zero-order chi connectivity index (χ0) is 16.7. The Bertz CT molecular complexity index is 500. The van der Waals surface area contributed by atoms with Gasteiger partial charge in [0.25, 0.3) is 0 Å². The van der Waals surface area contributed by atoms with Crippen LogP contribution in [0.15, 0.2) is 24.3 Å². The average Bonchev–Trinajstić information content (AvgIpc) is 2.56. The van der Waals surface area contributed by atoms with Gasteiger partial charge in [-0.3, -0.25) is 4.90 Å². The van der Waals surface area contributed by atoms with Gasteiger partial charge in [-0.25, -0.2) is 9.18 Å². The Kier molecular flexibility index (Phi) is 6.80. The van der Waals surface area contributed by atoms with Crippen LogP contribution in [0.3, 0.4) is 0 Å². The molecule has 0 radical (unpaired) electrons. The number of aliphatic hydroxyl groups excluding tert-OH is 1. The lowest BCUT2D eigenvalue weighted by atomic mass is 10.0. The lowest BCUT2D eigenvalue weighted by Crippen LogP contribution is -2.50. The molecule has 23 heavy (non-hydrogen) atoms. The van der Waals surface area contributed by atoms with Crippen LogP contribution in [0.1, 0.15) is 31.7 Å². The number of hydrogen-bond acceptors (Lipinski definition) is 3. The van der Waals surface area contributed by atoms with Gasteiger partial charge in [0.1, 0.15) is 5.82 Å². The van der Waals surface area contributed by atoms with Crippen LogP contribution in [0.4, 0.5) is 9.18 Å². The number of carbonyl (C=O) groups is 1. The zero-order valence-electron chi connectivity index (χ0n) is 13.6. The maximum atomic E-state index is 13.7. The third kappa shape index (κ3) is 5.48. The van der Waals surface area contributed by atoms with Gasteiger partial charge in [0.15, 0.2) is 0 Å². The van der Waals surface area contributed by atoms with Crippen molar-refractivity contribution in [2.75, 3.05) is 19.7 Å². The summed E-state index contributed by atoms with van der Waals surface area (Å²) in [6, 6.07) is 6.55. The van der Waals surface area contributed by atoms with Crippen LogP contribution < -0.4 is 10.6 Å². The SMILES string of the molecule is CC[C@@H](CO)NC(=O)NC1CCN(Cc2ccccc2F)CC1. The standard InChI is InChI=1S/C17H26FN3O2/c1-2-14(12-22)19-17(23)20-15-7-9-21(10-8-15)11-13-5-3-4-6-16(13)18/h3-6,14-15,22H,2,7-12H2,1H3,(H2,19,20,23)/t14-/m0/s1. The van der Waals surface area contributed by atoms with Gasteiger partial charge in [-0.15, -0.1) is 0 Å². The molecule has 0 aromatic heterocycles. The van der Waals surface area contributed by atoms with Crippen LogP contribution in [0.2, 0.25) is 0 Å². The third-order valence-electron chi connectivity index (χ3n) is 4.32. The van der Waals surface area contributed by atoms with E-state index in [9.17, 15) is 9.18 Å². The van der Waals surface area contributed by atoms with E-state index in [2.05, 4.69) is 15.5 Å². The summed E-state index contributed by atoms with van der Waals surface area (Å²) >= 11 is 0. The monoisotopic (exact) mass is 323 g/mol. The molecule has 128 valence electrons. The van der Waals surface area contributed by atoms with Crippen molar-refractivity contribution in [2.24, 2.45) is 0 Å². The summed E-state index contributed by atoms with van der Waals surface area (Å²) in [5.41, 5.74) is 0.713. The van der Waals surface area contributed by atoms with Crippen LogP contribution >= 0.6 is 0 Å². The molecule has 0 unspecified atom stereocenters. The maximum absolute atomic E-state index is 13.7. The summed E-state index contributed by atoms with van der Waals surface area (Å²) in [6.07, 6.45) is 2.39. The van der Waals surface area contributed by atoms with Crippen LogP contribution in [0.25, 0.3) is 0 Å². The van der Waals surface area contributed by atoms with Crippen molar-refractivity contribution in [2.45, 2.75) is 44.8 Å². The van der Waals surface area contributed by atoms with E-state index in [0.717, 1.165) is 25.9 Å². The number of amides is 2. The highest BCUT2D eigenvalue weighted by Crippen LogP contribution is 2.15. The number of nitrogens with one attached hydrogen (secondary N) is 2. The van der Waals surface area contributed by atoms with Crippen molar-refractivity contribution < 1.29 is 14.3 Å². The van der Waals surface area contributed by atoms with E-state index in [1.54, 1.807) is 6.07 Å². The first-order valence-corrected chi connectivity index (χ1v) is 8.26. The predicted octanol–water partition coefficient (Wildman–Crippen LogP) is 1.86. The Morgan fingerprint density at radius 3 is 2.70 bits per heavy atom. The first-order valence-electron chi connectivity index (χ1n) is 8.26. The fourth-order valence-electron chi connectivity index (χ4n) is 2.79. The van der Waals surface area contributed by atoms with Gasteiger partial charge in [-0.2, -0.15) is 0 Å². The first-order chi connectivity index (χ1) is 11.1. The molecule has 2 amide bonds. The number of carbonyl (C=O) groups excluding carboxylic acids is 1. The molecule has 1 fully saturated rings. The number of likely N-dealkylation sites (tertiary alicyclic amines) is 1. The molecular formula is C17H26FN3O2. The first kappa shape index (κ1) is 17.7. The summed E-state index contributed by atoms with van der Waals surface area (Å²) in [5, 5.41) is 14.8. The molecule has 1 aliphatic rings. The van der Waals surface area contributed by atoms with Crippen molar-refractivity contribution in [3.8, 4) is 0 Å². The van der Waals surface area contributed by atoms with Crippen molar-refractivity contribution in [1.29, 1.82) is 0 Å². The highest BCUT2D eigenvalue weighted by atomic mass is 19.1. The number of urea groups is 1. The molecule has 0 bridgehead atoms. The minimum absolute atomic E-state index is 0.0506. The largest absolute Gasteiger partial charge is 0.394 e. The fraction of sp³-hybridized carbons (Fsp3) is 0.588. The summed E-state index contributed by atoms with van der Waals surface area (Å²) in [4.78, 5) is 14.1. The van der Waals surface area contributed by atoms with Crippen LogP contribution in [-0.4, -0.2) is 47.8 Å². The van der Waals surface area contributed by atoms with Gasteiger partial charge in [-0.1, -0.05) is 25.1 Å². The van der Waals surface area contributed by atoms with E-state index in [1.165, 1.54) is 6.07 Å². The highest BCUT2D eigenvalue weighted by molar-refractivity contribution is 5.74. The van der Waals surface area contributed by atoms with Crippen LogP contribution in [-0.2, 0) is 6.54 Å². The molecule has 2 rings (SSSR count). The molecule has 1 aliphatic heterocycles. The lowest BCUT2D eigenvalue weighted by molar-refractivity contribution is 0.180. The second kappa shape index (κ2) is 8.84. The Morgan fingerprint density at radius 2 is 2.09 bits per heavy atom. The molecular weight excluding hydrogens is 297 g/mol. The predicted molar refractivity (Wildman–Crippen MR) is 87.5 cm³/mol. The maximum Gasteiger partial charge on any atom is 0.315 e. The van der Waals surface area contributed by atoms with Gasteiger partial charge in [0.05, 0.1) is 12.6 Å². The molecule has 1 aromatic carbocycles. The van der Waals surface area contributed by atoms with Gasteiger partial charge >= 0.3 is 6.03 Å². The van der Waals surface area contributed by atoms with Gasteiger partial charge in [0, 0.05) is 31.2 Å². The van der Waals surface area contributed by atoms with Crippen LogP contribution in [0, 0.1) is 5.82 Å². The van der Waals surface area contributed by atoms with E-state index < -0.39 is 0 Å².